The van der Waals surface area contributed by atoms with Crippen molar-refractivity contribution in [3.8, 4) is 0 Å². The first-order chi connectivity index (χ1) is 14.0. The van der Waals surface area contributed by atoms with Crippen molar-refractivity contribution in [2.45, 2.75) is 26.8 Å². The quantitative estimate of drug-likeness (QED) is 0.457. The first-order valence-electron chi connectivity index (χ1n) is 9.33. The molecule has 0 saturated heterocycles. The zero-order valence-corrected chi connectivity index (χ0v) is 17.0. The number of halogens is 1. The highest BCUT2D eigenvalue weighted by Gasteiger charge is 2.22. The zero-order chi connectivity index (χ0) is 20.4. The number of anilines is 1. The highest BCUT2D eigenvalue weighted by atomic mass is 32.1. The van der Waals surface area contributed by atoms with Gasteiger partial charge in [-0.15, -0.1) is 0 Å². The van der Waals surface area contributed by atoms with Crippen molar-refractivity contribution >= 4 is 32.6 Å². The van der Waals surface area contributed by atoms with Crippen LogP contribution in [-0.2, 0) is 17.8 Å². The van der Waals surface area contributed by atoms with Crippen LogP contribution in [0.2, 0.25) is 0 Å². The number of aromatic nitrogens is 2. The summed E-state index contributed by atoms with van der Waals surface area (Å²) >= 11 is 1.31. The van der Waals surface area contributed by atoms with Crippen molar-refractivity contribution in [3.05, 3.63) is 89.0 Å². The first kappa shape index (κ1) is 19.2. The molecule has 0 atom stereocenters. The summed E-state index contributed by atoms with van der Waals surface area (Å²) in [6.45, 7) is 4.32. The largest absolute Gasteiger partial charge is 0.282 e. The van der Waals surface area contributed by atoms with E-state index in [0.717, 1.165) is 22.4 Å². The summed E-state index contributed by atoms with van der Waals surface area (Å²) in [7, 11) is 0. The van der Waals surface area contributed by atoms with Gasteiger partial charge in [-0.3, -0.25) is 14.7 Å². The lowest BCUT2D eigenvalue weighted by atomic mass is 10.0. The molecule has 29 heavy (non-hydrogen) atoms. The molecule has 2 aromatic heterocycles. The van der Waals surface area contributed by atoms with Crippen LogP contribution in [0, 0.1) is 19.7 Å². The van der Waals surface area contributed by atoms with Crippen molar-refractivity contribution in [1.82, 2.24) is 9.97 Å². The SMILES string of the molecule is Cc1ccc(CC(=O)N(Cc2ccccn2)c2nc3c(F)cccc3s2)c(C)c1. The summed E-state index contributed by atoms with van der Waals surface area (Å²) in [4.78, 5) is 23.7. The van der Waals surface area contributed by atoms with Crippen LogP contribution < -0.4 is 4.90 Å². The van der Waals surface area contributed by atoms with Crippen molar-refractivity contribution in [1.29, 1.82) is 0 Å². The third-order valence-corrected chi connectivity index (χ3v) is 5.82. The minimum Gasteiger partial charge on any atom is -0.282 e. The Morgan fingerprint density at radius 3 is 2.69 bits per heavy atom. The molecule has 0 unspecified atom stereocenters. The molecule has 4 nitrogen and oxygen atoms in total. The van der Waals surface area contributed by atoms with Crippen LogP contribution >= 0.6 is 11.3 Å². The molecule has 146 valence electrons. The monoisotopic (exact) mass is 405 g/mol. The number of carbonyl (C=O) groups is 1. The average molecular weight is 405 g/mol. The number of aryl methyl sites for hydroxylation is 2. The lowest BCUT2D eigenvalue weighted by Crippen LogP contribution is -2.32. The molecule has 0 N–H and O–H groups in total. The van der Waals surface area contributed by atoms with Crippen LogP contribution in [-0.4, -0.2) is 15.9 Å². The van der Waals surface area contributed by atoms with Gasteiger partial charge in [-0.05, 0) is 49.2 Å². The van der Waals surface area contributed by atoms with Crippen LogP contribution in [0.3, 0.4) is 0 Å². The summed E-state index contributed by atoms with van der Waals surface area (Å²) in [5.74, 6) is -0.480. The molecule has 2 aromatic carbocycles. The molecule has 4 rings (SSSR count). The molecule has 6 heteroatoms. The van der Waals surface area contributed by atoms with E-state index in [1.165, 1.54) is 17.4 Å². The molecule has 0 saturated carbocycles. The number of para-hydroxylation sites is 1. The zero-order valence-electron chi connectivity index (χ0n) is 16.2. The lowest BCUT2D eigenvalue weighted by Gasteiger charge is -2.20. The van der Waals surface area contributed by atoms with Gasteiger partial charge in [0.1, 0.15) is 11.3 Å². The lowest BCUT2D eigenvalue weighted by molar-refractivity contribution is -0.118. The Balaban J connectivity index is 1.70. The van der Waals surface area contributed by atoms with E-state index in [1.54, 1.807) is 17.2 Å². The minimum absolute atomic E-state index is 0.0953. The van der Waals surface area contributed by atoms with E-state index in [1.807, 2.05) is 50.2 Å². The third kappa shape index (κ3) is 4.17. The standard InChI is InChI=1S/C23H20FN3OS/c1-15-9-10-17(16(2)12-15)13-21(28)27(14-18-6-3-4-11-25-18)23-26-22-19(24)7-5-8-20(22)29-23/h3-12H,13-14H2,1-2H3. The van der Waals surface area contributed by atoms with Crippen LogP contribution in [0.1, 0.15) is 22.4 Å². The maximum atomic E-state index is 14.2. The minimum atomic E-state index is -0.385. The van der Waals surface area contributed by atoms with Crippen LogP contribution in [0.15, 0.2) is 60.8 Å². The molecule has 1 amide bonds. The summed E-state index contributed by atoms with van der Waals surface area (Å²) < 4.78 is 14.9. The first-order valence-corrected chi connectivity index (χ1v) is 10.1. The number of carbonyl (C=O) groups excluding carboxylic acids is 1. The molecule has 0 aliphatic heterocycles. The maximum absolute atomic E-state index is 14.2. The number of fused-ring (bicyclic) bond motifs is 1. The number of thiazole rings is 1. The fourth-order valence-corrected chi connectivity index (χ4v) is 4.23. The second-order valence-electron chi connectivity index (χ2n) is 6.99. The number of hydrogen-bond donors (Lipinski definition) is 0. The van der Waals surface area contributed by atoms with Gasteiger partial charge in [0.05, 0.1) is 23.4 Å². The number of hydrogen-bond acceptors (Lipinski definition) is 4. The second kappa shape index (κ2) is 8.09. The van der Waals surface area contributed by atoms with E-state index >= 15 is 0 Å². The van der Waals surface area contributed by atoms with Gasteiger partial charge in [-0.25, -0.2) is 9.37 Å². The molecule has 0 radical (unpaired) electrons. The summed E-state index contributed by atoms with van der Waals surface area (Å²) in [6.07, 6.45) is 1.94. The van der Waals surface area contributed by atoms with E-state index in [4.69, 9.17) is 0 Å². The van der Waals surface area contributed by atoms with Crippen molar-refractivity contribution in [2.24, 2.45) is 0 Å². The Labute approximate surface area is 172 Å². The molecular formula is C23H20FN3OS. The van der Waals surface area contributed by atoms with Gasteiger partial charge < -0.3 is 0 Å². The number of nitrogens with zero attached hydrogens (tertiary/aromatic N) is 3. The van der Waals surface area contributed by atoms with E-state index in [-0.39, 0.29) is 30.2 Å². The van der Waals surface area contributed by atoms with E-state index in [9.17, 15) is 9.18 Å². The molecular weight excluding hydrogens is 385 g/mol. The van der Waals surface area contributed by atoms with Crippen LogP contribution in [0.25, 0.3) is 10.2 Å². The fraction of sp³-hybridized carbons (Fsp3) is 0.174. The van der Waals surface area contributed by atoms with E-state index in [0.29, 0.717) is 9.83 Å². The number of amides is 1. The fourth-order valence-electron chi connectivity index (χ4n) is 3.24. The molecule has 0 aliphatic rings. The Kier molecular flexibility index (Phi) is 5.36. The van der Waals surface area contributed by atoms with Crippen LogP contribution in [0.4, 0.5) is 9.52 Å². The molecule has 0 spiro atoms. The van der Waals surface area contributed by atoms with Crippen molar-refractivity contribution < 1.29 is 9.18 Å². The van der Waals surface area contributed by atoms with Gasteiger partial charge in [0.15, 0.2) is 5.13 Å². The Morgan fingerprint density at radius 1 is 1.10 bits per heavy atom. The number of rotatable bonds is 5. The van der Waals surface area contributed by atoms with Gasteiger partial charge in [-0.2, -0.15) is 0 Å². The maximum Gasteiger partial charge on any atom is 0.233 e. The van der Waals surface area contributed by atoms with E-state index < -0.39 is 0 Å². The second-order valence-corrected chi connectivity index (χ2v) is 8.00. The highest BCUT2D eigenvalue weighted by molar-refractivity contribution is 7.22. The van der Waals surface area contributed by atoms with Crippen molar-refractivity contribution in [2.75, 3.05) is 4.90 Å². The average Bonchev–Trinajstić information content (AvgIpc) is 3.14. The Morgan fingerprint density at radius 2 is 1.97 bits per heavy atom. The predicted molar refractivity (Wildman–Crippen MR) is 115 cm³/mol. The van der Waals surface area contributed by atoms with E-state index in [2.05, 4.69) is 16.0 Å². The third-order valence-electron chi connectivity index (χ3n) is 4.78. The molecule has 0 bridgehead atoms. The van der Waals surface area contributed by atoms with Crippen LogP contribution in [0.5, 0.6) is 0 Å². The Hall–Kier alpha value is -3.12. The van der Waals surface area contributed by atoms with Gasteiger partial charge in [0.25, 0.3) is 0 Å². The molecule has 0 fully saturated rings. The summed E-state index contributed by atoms with van der Waals surface area (Å²) in [5.41, 5.74) is 4.25. The number of pyridine rings is 1. The smallest absolute Gasteiger partial charge is 0.233 e. The Bertz CT molecular complexity index is 1170. The van der Waals surface area contributed by atoms with Gasteiger partial charge in [-0.1, -0.05) is 47.2 Å². The normalized spacial score (nSPS) is 11.0. The van der Waals surface area contributed by atoms with Gasteiger partial charge >= 0.3 is 0 Å². The molecule has 4 aromatic rings. The van der Waals surface area contributed by atoms with Gasteiger partial charge in [0, 0.05) is 6.20 Å². The summed E-state index contributed by atoms with van der Waals surface area (Å²) in [5, 5.41) is 0.477. The van der Waals surface area contributed by atoms with Gasteiger partial charge in [0.2, 0.25) is 5.91 Å². The molecule has 2 heterocycles. The molecule has 0 aliphatic carbocycles. The topological polar surface area (TPSA) is 46.1 Å². The number of benzene rings is 2. The predicted octanol–water partition coefficient (Wildman–Crippen LogP) is 5.22. The highest BCUT2D eigenvalue weighted by Crippen LogP contribution is 2.31. The summed E-state index contributed by atoms with van der Waals surface area (Å²) in [6, 6.07) is 16.5. The van der Waals surface area contributed by atoms with Crippen molar-refractivity contribution in [3.63, 3.8) is 0 Å².